The van der Waals surface area contributed by atoms with Gasteiger partial charge in [-0.3, -0.25) is 4.79 Å². The molecule has 0 saturated carbocycles. The minimum Gasteiger partial charge on any atom is -0.502 e. The van der Waals surface area contributed by atoms with E-state index in [-0.39, 0.29) is 17.6 Å². The summed E-state index contributed by atoms with van der Waals surface area (Å²) in [5.74, 6) is -0.701. The first-order valence-corrected chi connectivity index (χ1v) is 7.88. The monoisotopic (exact) mass is 359 g/mol. The summed E-state index contributed by atoms with van der Waals surface area (Å²) in [6.45, 7) is 6.78. The smallest absolute Gasteiger partial charge is 0.422 e. The topological polar surface area (TPSA) is 58.6 Å². The number of halogens is 3. The van der Waals surface area contributed by atoms with E-state index in [0.29, 0.717) is 6.08 Å². The van der Waals surface area contributed by atoms with E-state index >= 15 is 0 Å². The van der Waals surface area contributed by atoms with E-state index in [4.69, 9.17) is 4.74 Å². The molecule has 0 aliphatic heterocycles. The van der Waals surface area contributed by atoms with Gasteiger partial charge < -0.3 is 15.2 Å². The maximum Gasteiger partial charge on any atom is 0.422 e. The van der Waals surface area contributed by atoms with Gasteiger partial charge in [-0.1, -0.05) is 32.9 Å². The number of rotatable bonds is 6. The summed E-state index contributed by atoms with van der Waals surface area (Å²) in [7, 11) is 0. The number of hydrogen-bond donors (Lipinski definition) is 2. The van der Waals surface area contributed by atoms with E-state index in [1.165, 1.54) is 0 Å². The summed E-state index contributed by atoms with van der Waals surface area (Å²) >= 11 is 0. The number of aliphatic hydroxyl groups is 1. The van der Waals surface area contributed by atoms with Crippen molar-refractivity contribution in [3.05, 3.63) is 47.7 Å². The van der Waals surface area contributed by atoms with Gasteiger partial charge in [0.15, 0.2) is 5.60 Å². The molecular formula is C18H24F3NO3. The van der Waals surface area contributed by atoms with Gasteiger partial charge in [0, 0.05) is 5.56 Å². The third-order valence-corrected chi connectivity index (χ3v) is 3.63. The largest absolute Gasteiger partial charge is 0.502 e. The molecule has 0 fully saturated rings. The molecule has 0 saturated heterocycles. The molecular weight excluding hydrogens is 335 g/mol. The van der Waals surface area contributed by atoms with Crippen LogP contribution in [0.25, 0.3) is 0 Å². The zero-order valence-electron chi connectivity index (χ0n) is 14.8. The third-order valence-electron chi connectivity index (χ3n) is 3.63. The predicted octanol–water partition coefficient (Wildman–Crippen LogP) is 3.56. The van der Waals surface area contributed by atoms with Crippen molar-refractivity contribution in [2.24, 2.45) is 0 Å². The molecule has 1 aromatic carbocycles. The molecule has 140 valence electrons. The fourth-order valence-corrected chi connectivity index (χ4v) is 1.95. The predicted molar refractivity (Wildman–Crippen MR) is 89.2 cm³/mol. The average molecular weight is 359 g/mol. The number of hydrogen-bond acceptors (Lipinski definition) is 3. The van der Waals surface area contributed by atoms with Crippen LogP contribution in [0.15, 0.2) is 36.6 Å². The van der Waals surface area contributed by atoms with Crippen molar-refractivity contribution >= 4 is 5.91 Å². The number of benzene rings is 1. The van der Waals surface area contributed by atoms with Crippen molar-refractivity contribution in [2.45, 2.75) is 44.9 Å². The van der Waals surface area contributed by atoms with Crippen molar-refractivity contribution in [3.8, 4) is 0 Å². The van der Waals surface area contributed by atoms with E-state index in [1.54, 1.807) is 31.2 Å². The van der Waals surface area contributed by atoms with Gasteiger partial charge >= 0.3 is 6.18 Å². The molecule has 0 unspecified atom stereocenters. The molecule has 1 atom stereocenters. The van der Waals surface area contributed by atoms with Gasteiger partial charge in [0.25, 0.3) is 5.91 Å². The van der Waals surface area contributed by atoms with Gasteiger partial charge in [-0.25, -0.2) is 0 Å². The number of alkyl halides is 3. The first-order valence-electron chi connectivity index (χ1n) is 7.88. The Balaban J connectivity index is 2.84. The average Bonchev–Trinajstić information content (AvgIpc) is 2.51. The van der Waals surface area contributed by atoms with Crippen LogP contribution in [0.3, 0.4) is 0 Å². The van der Waals surface area contributed by atoms with Crippen molar-refractivity contribution in [2.75, 3.05) is 13.2 Å². The Hall–Kier alpha value is -2.02. The molecule has 0 aromatic heterocycles. The van der Waals surface area contributed by atoms with E-state index in [2.05, 4.69) is 5.32 Å². The van der Waals surface area contributed by atoms with Crippen LogP contribution in [-0.4, -0.2) is 35.9 Å². The van der Waals surface area contributed by atoms with E-state index in [1.807, 2.05) is 20.8 Å². The van der Waals surface area contributed by atoms with E-state index in [0.717, 1.165) is 11.8 Å². The van der Waals surface area contributed by atoms with Gasteiger partial charge in [-0.15, -0.1) is 0 Å². The Kier molecular flexibility index (Phi) is 6.65. The number of ether oxygens (including phenoxy) is 1. The summed E-state index contributed by atoms with van der Waals surface area (Å²) in [5.41, 5.74) is -2.10. The molecule has 0 aliphatic rings. The Morgan fingerprint density at radius 3 is 2.20 bits per heavy atom. The molecule has 4 nitrogen and oxygen atoms in total. The first kappa shape index (κ1) is 21.0. The third kappa shape index (κ3) is 5.77. The number of carbonyl (C=O) groups is 1. The second-order valence-corrected chi connectivity index (χ2v) is 6.69. The highest BCUT2D eigenvalue weighted by atomic mass is 19.4. The van der Waals surface area contributed by atoms with Crippen LogP contribution in [0.5, 0.6) is 0 Å². The number of amides is 1. The van der Waals surface area contributed by atoms with Crippen LogP contribution < -0.4 is 5.32 Å². The molecule has 7 heteroatoms. The quantitative estimate of drug-likeness (QED) is 0.764. The zero-order chi connectivity index (χ0) is 19.3. The van der Waals surface area contributed by atoms with Crippen LogP contribution >= 0.6 is 0 Å². The molecule has 1 aromatic rings. The minimum absolute atomic E-state index is 0.102. The molecule has 25 heavy (non-hydrogen) atoms. The molecule has 0 heterocycles. The lowest BCUT2D eigenvalue weighted by Gasteiger charge is -2.27. The lowest BCUT2D eigenvalue weighted by Crippen LogP contribution is -2.52. The lowest BCUT2D eigenvalue weighted by molar-refractivity contribution is -0.237. The molecule has 0 radical (unpaired) electrons. The van der Waals surface area contributed by atoms with Crippen molar-refractivity contribution in [3.63, 3.8) is 0 Å². The Morgan fingerprint density at radius 1 is 1.20 bits per heavy atom. The molecule has 1 rings (SSSR count). The normalized spacial score (nSPS) is 15.0. The van der Waals surface area contributed by atoms with Gasteiger partial charge in [0.1, 0.15) is 0 Å². The molecule has 1 amide bonds. The van der Waals surface area contributed by atoms with Crippen LogP contribution in [0.2, 0.25) is 0 Å². The van der Waals surface area contributed by atoms with Gasteiger partial charge in [0.05, 0.1) is 19.4 Å². The Morgan fingerprint density at radius 2 is 1.76 bits per heavy atom. The van der Waals surface area contributed by atoms with Crippen molar-refractivity contribution in [1.82, 2.24) is 5.32 Å². The summed E-state index contributed by atoms with van der Waals surface area (Å²) in [5, 5.41) is 11.9. The molecule has 0 spiro atoms. The van der Waals surface area contributed by atoms with Gasteiger partial charge in [-0.05, 0) is 36.1 Å². The fourth-order valence-electron chi connectivity index (χ4n) is 1.95. The SMILES string of the molecule is CCO/C=C/[C@](O)(CNC(=O)c1ccc(C(C)(C)C)cc1)C(F)(F)F. The van der Waals surface area contributed by atoms with Gasteiger partial charge in [-0.2, -0.15) is 13.2 Å². The summed E-state index contributed by atoms with van der Waals surface area (Å²) < 4.78 is 43.9. The second-order valence-electron chi connectivity index (χ2n) is 6.69. The maximum absolute atomic E-state index is 13.1. The molecule has 2 N–H and O–H groups in total. The first-order chi connectivity index (χ1) is 11.4. The number of nitrogens with one attached hydrogen (secondary N) is 1. The highest BCUT2D eigenvalue weighted by Crippen LogP contribution is 2.31. The van der Waals surface area contributed by atoms with Crippen LogP contribution in [-0.2, 0) is 10.2 Å². The Bertz CT molecular complexity index is 603. The maximum atomic E-state index is 13.1. The fraction of sp³-hybridized carbons (Fsp3) is 0.500. The van der Waals surface area contributed by atoms with Crippen molar-refractivity contribution < 1.29 is 27.8 Å². The summed E-state index contributed by atoms with van der Waals surface area (Å²) in [4.78, 5) is 12.1. The highest BCUT2D eigenvalue weighted by molar-refractivity contribution is 5.94. The Labute approximate surface area is 145 Å². The van der Waals surface area contributed by atoms with Crippen LogP contribution in [0.1, 0.15) is 43.6 Å². The minimum atomic E-state index is -4.95. The highest BCUT2D eigenvalue weighted by Gasteiger charge is 2.52. The van der Waals surface area contributed by atoms with E-state index < -0.39 is 24.2 Å². The van der Waals surface area contributed by atoms with Crippen molar-refractivity contribution in [1.29, 1.82) is 0 Å². The molecule has 0 aliphatic carbocycles. The van der Waals surface area contributed by atoms with Crippen LogP contribution in [0, 0.1) is 0 Å². The second kappa shape index (κ2) is 7.91. The molecule has 0 bridgehead atoms. The lowest BCUT2D eigenvalue weighted by atomic mass is 9.86. The van der Waals surface area contributed by atoms with E-state index in [9.17, 15) is 23.1 Å². The zero-order valence-corrected chi connectivity index (χ0v) is 14.8. The van der Waals surface area contributed by atoms with Crippen LogP contribution in [0.4, 0.5) is 13.2 Å². The standard InChI is InChI=1S/C18H24F3NO3/c1-5-25-11-10-17(24,18(19,20)21)12-22-15(23)13-6-8-14(9-7-13)16(2,3)4/h6-11,24H,5,12H2,1-4H3,(H,22,23)/b11-10+/t17-/m0/s1. The number of carbonyl (C=O) groups excluding carboxylic acids is 1. The summed E-state index contributed by atoms with van der Waals surface area (Å²) in [6.07, 6.45) is -3.69. The summed E-state index contributed by atoms with van der Waals surface area (Å²) in [6, 6.07) is 6.58. The van der Waals surface area contributed by atoms with Gasteiger partial charge in [0.2, 0.25) is 0 Å².